The minimum absolute atomic E-state index is 0.0886. The van der Waals surface area contributed by atoms with E-state index >= 15 is 0 Å². The van der Waals surface area contributed by atoms with Gasteiger partial charge in [0.15, 0.2) is 10.1 Å². The fourth-order valence-corrected chi connectivity index (χ4v) is 3.82. The van der Waals surface area contributed by atoms with Crippen LogP contribution in [-0.4, -0.2) is 35.1 Å². The van der Waals surface area contributed by atoms with Gasteiger partial charge >= 0.3 is 10.6 Å². The van der Waals surface area contributed by atoms with Gasteiger partial charge in [0.25, 0.3) is 0 Å². The van der Waals surface area contributed by atoms with Gasteiger partial charge in [-0.1, -0.05) is 30.3 Å². The molecule has 1 aliphatic rings. The number of rotatable bonds is 3. The third-order valence-electron chi connectivity index (χ3n) is 2.86. The fourth-order valence-electron chi connectivity index (χ4n) is 1.75. The van der Waals surface area contributed by atoms with Gasteiger partial charge in [0.05, 0.1) is 17.3 Å². The molecule has 2 rings (SSSR count). The van der Waals surface area contributed by atoms with Gasteiger partial charge in [0.2, 0.25) is 0 Å². The van der Waals surface area contributed by atoms with Gasteiger partial charge in [-0.25, -0.2) is 13.2 Å². The van der Waals surface area contributed by atoms with E-state index in [0.29, 0.717) is 5.12 Å². The zero-order valence-corrected chi connectivity index (χ0v) is 13.1. The zero-order chi connectivity index (χ0) is 16.8. The van der Waals surface area contributed by atoms with E-state index in [1.807, 2.05) is 6.07 Å². The molecule has 0 saturated carbocycles. The molecule has 0 N–H and O–H groups in total. The predicted molar refractivity (Wildman–Crippen MR) is 77.2 cm³/mol. The van der Waals surface area contributed by atoms with Crippen molar-refractivity contribution in [2.75, 3.05) is 11.5 Å². The predicted octanol–water partition coefficient (Wildman–Crippen LogP) is 2.22. The summed E-state index contributed by atoms with van der Waals surface area (Å²) in [5, 5.41) is 0.515. The summed E-state index contributed by atoms with van der Waals surface area (Å²) in [6.45, 7) is 0. The van der Waals surface area contributed by atoms with Crippen molar-refractivity contribution in [3.8, 4) is 0 Å². The van der Waals surface area contributed by atoms with Gasteiger partial charge in [-0.15, -0.1) is 0 Å². The molecule has 1 unspecified atom stereocenters. The Morgan fingerprint density at radius 1 is 1.18 bits per heavy atom. The van der Waals surface area contributed by atoms with E-state index in [-0.39, 0.29) is 10.9 Å². The van der Waals surface area contributed by atoms with Crippen LogP contribution in [0.1, 0.15) is 18.4 Å². The molecule has 1 aromatic carbocycles. The standard InChI is InChI=1S/C12H15OS.CHF3O3S/c13-12-7-4-9-14(12)10-8-11-5-2-1-3-6-11;2-1(3,4)8(5,6)7/h1-3,5-6H,4,7-10H2;(H,5,6,7)/q+1;/p-1. The largest absolute Gasteiger partial charge is 0.741 e. The van der Waals surface area contributed by atoms with Gasteiger partial charge < -0.3 is 4.55 Å². The Balaban J connectivity index is 0.000000261. The van der Waals surface area contributed by atoms with Gasteiger partial charge in [-0.3, -0.25) is 0 Å². The fraction of sp³-hybridized carbons (Fsp3) is 0.462. The molecule has 1 atom stereocenters. The summed E-state index contributed by atoms with van der Waals surface area (Å²) in [6, 6.07) is 10.4. The Morgan fingerprint density at radius 2 is 1.73 bits per heavy atom. The summed E-state index contributed by atoms with van der Waals surface area (Å²) in [4.78, 5) is 11.4. The van der Waals surface area contributed by atoms with E-state index in [4.69, 9.17) is 13.0 Å². The lowest BCUT2D eigenvalue weighted by Crippen LogP contribution is -2.21. The average Bonchev–Trinajstić information content (AvgIpc) is 2.81. The average molecular weight is 356 g/mol. The monoisotopic (exact) mass is 356 g/mol. The van der Waals surface area contributed by atoms with Gasteiger partial charge in [0.1, 0.15) is 11.5 Å². The molecule has 0 aromatic heterocycles. The molecule has 0 amide bonds. The van der Waals surface area contributed by atoms with Crippen LogP contribution < -0.4 is 0 Å². The topological polar surface area (TPSA) is 74.3 Å². The van der Waals surface area contributed by atoms with Crippen LogP contribution in [0.3, 0.4) is 0 Å². The Kier molecular flexibility index (Phi) is 6.89. The summed E-state index contributed by atoms with van der Waals surface area (Å²) in [7, 11) is -6.00. The van der Waals surface area contributed by atoms with E-state index in [1.165, 1.54) is 5.56 Å². The lowest BCUT2D eigenvalue weighted by atomic mass is 10.2. The number of halogens is 3. The summed E-state index contributed by atoms with van der Waals surface area (Å²) in [5.41, 5.74) is -4.28. The molecular weight excluding hydrogens is 341 g/mol. The van der Waals surface area contributed by atoms with Crippen LogP contribution in [0.15, 0.2) is 30.3 Å². The highest BCUT2D eigenvalue weighted by Crippen LogP contribution is 2.20. The molecule has 0 radical (unpaired) electrons. The Morgan fingerprint density at radius 3 is 2.14 bits per heavy atom. The zero-order valence-electron chi connectivity index (χ0n) is 11.5. The maximum Gasteiger partial charge on any atom is 0.485 e. The molecule has 0 bridgehead atoms. The molecule has 0 spiro atoms. The van der Waals surface area contributed by atoms with Crippen molar-refractivity contribution < 1.29 is 30.9 Å². The van der Waals surface area contributed by atoms with E-state index in [9.17, 15) is 18.0 Å². The number of benzene rings is 1. The number of carbonyl (C=O) groups is 1. The molecule has 1 aliphatic heterocycles. The summed E-state index contributed by atoms with van der Waals surface area (Å²) < 4.78 is 58.9. The Bertz CT molecular complexity index is 585. The van der Waals surface area contributed by atoms with Crippen LogP contribution in [0.25, 0.3) is 0 Å². The minimum Gasteiger partial charge on any atom is -0.741 e. The van der Waals surface area contributed by atoms with Crippen molar-refractivity contribution in [2.45, 2.75) is 24.8 Å². The van der Waals surface area contributed by atoms with Gasteiger partial charge in [-0.2, -0.15) is 13.2 Å². The molecular formula is C13H15F3O4S2. The third kappa shape index (κ3) is 6.37. The van der Waals surface area contributed by atoms with E-state index in [0.717, 1.165) is 30.8 Å². The van der Waals surface area contributed by atoms with Crippen LogP contribution in [0, 0.1) is 0 Å². The highest BCUT2D eigenvalue weighted by molar-refractivity contribution is 8.11. The SMILES string of the molecule is O=C1CCC[S+]1CCc1ccccc1.O=S(=O)([O-])C(F)(F)F. The van der Waals surface area contributed by atoms with Gasteiger partial charge in [0, 0.05) is 12.8 Å². The number of aryl methyl sites for hydroxylation is 1. The minimum atomic E-state index is -6.09. The third-order valence-corrected chi connectivity index (χ3v) is 5.75. The normalized spacial score (nSPS) is 18.7. The Hall–Kier alpha value is -1.06. The molecule has 1 aromatic rings. The van der Waals surface area contributed by atoms with E-state index in [2.05, 4.69) is 24.3 Å². The van der Waals surface area contributed by atoms with E-state index < -0.39 is 15.6 Å². The molecule has 124 valence electrons. The second kappa shape index (κ2) is 7.98. The van der Waals surface area contributed by atoms with Crippen molar-refractivity contribution >= 4 is 26.1 Å². The van der Waals surface area contributed by atoms with Crippen molar-refractivity contribution in [1.29, 1.82) is 0 Å². The van der Waals surface area contributed by atoms with Crippen LogP contribution in [0.2, 0.25) is 0 Å². The van der Waals surface area contributed by atoms with Crippen molar-refractivity contribution in [2.24, 2.45) is 0 Å². The molecule has 1 fully saturated rings. The van der Waals surface area contributed by atoms with Crippen LogP contribution in [-0.2, 0) is 32.2 Å². The molecule has 1 saturated heterocycles. The maximum absolute atomic E-state index is 11.4. The van der Waals surface area contributed by atoms with Gasteiger partial charge in [-0.05, 0) is 5.56 Å². The van der Waals surface area contributed by atoms with Crippen molar-refractivity contribution in [3.63, 3.8) is 0 Å². The molecule has 0 aliphatic carbocycles. The maximum atomic E-state index is 11.4. The molecule has 4 nitrogen and oxygen atoms in total. The second-order valence-corrected chi connectivity index (χ2v) is 8.14. The lowest BCUT2D eigenvalue weighted by molar-refractivity contribution is -0.110. The first kappa shape index (κ1) is 19.0. The Labute approximate surface area is 129 Å². The second-order valence-electron chi connectivity index (χ2n) is 4.51. The van der Waals surface area contributed by atoms with Crippen LogP contribution in [0.5, 0.6) is 0 Å². The van der Waals surface area contributed by atoms with Crippen LogP contribution >= 0.6 is 0 Å². The number of hydrogen-bond donors (Lipinski definition) is 0. The number of carbonyl (C=O) groups excluding carboxylic acids is 1. The first-order chi connectivity index (χ1) is 10.1. The first-order valence-corrected chi connectivity index (χ1v) is 9.35. The quantitative estimate of drug-likeness (QED) is 0.473. The summed E-state index contributed by atoms with van der Waals surface area (Å²) in [6.07, 6.45) is 3.02. The number of hydrogen-bond acceptors (Lipinski definition) is 4. The summed E-state index contributed by atoms with van der Waals surface area (Å²) in [5.74, 6) is 2.22. The lowest BCUT2D eigenvalue weighted by Gasteiger charge is -2.08. The van der Waals surface area contributed by atoms with E-state index in [1.54, 1.807) is 0 Å². The van der Waals surface area contributed by atoms with Crippen molar-refractivity contribution in [1.82, 2.24) is 0 Å². The van der Waals surface area contributed by atoms with Crippen LogP contribution in [0.4, 0.5) is 13.2 Å². The smallest absolute Gasteiger partial charge is 0.485 e. The first-order valence-electron chi connectivity index (χ1n) is 6.37. The summed E-state index contributed by atoms with van der Waals surface area (Å²) >= 11 is 0. The highest BCUT2D eigenvalue weighted by atomic mass is 32.2. The molecule has 22 heavy (non-hydrogen) atoms. The van der Waals surface area contributed by atoms with Crippen molar-refractivity contribution in [3.05, 3.63) is 35.9 Å². The number of alkyl halides is 3. The highest BCUT2D eigenvalue weighted by Gasteiger charge is 2.37. The molecule has 1 heterocycles. The molecule has 9 heteroatoms.